The van der Waals surface area contributed by atoms with Gasteiger partial charge in [0.1, 0.15) is 0 Å². The summed E-state index contributed by atoms with van der Waals surface area (Å²) >= 11 is 5.81. The van der Waals surface area contributed by atoms with E-state index in [9.17, 15) is 9.59 Å². The number of aryl methyl sites for hydroxylation is 3. The highest BCUT2D eigenvalue weighted by atomic mass is 35.5. The molecular formula is C23H23ClN4O2. The van der Waals surface area contributed by atoms with Crippen molar-refractivity contribution in [3.05, 3.63) is 81.6 Å². The van der Waals surface area contributed by atoms with Crippen molar-refractivity contribution in [1.29, 1.82) is 0 Å². The number of nitrogens with zero attached hydrogens (tertiary/aromatic N) is 2. The van der Waals surface area contributed by atoms with Gasteiger partial charge in [0, 0.05) is 33.3 Å². The second-order valence-corrected chi connectivity index (χ2v) is 7.55. The first-order valence-electron chi connectivity index (χ1n) is 9.43. The van der Waals surface area contributed by atoms with Crippen molar-refractivity contribution >= 4 is 35.3 Å². The highest BCUT2D eigenvalue weighted by molar-refractivity contribution is 6.39. The number of aromatic nitrogens is 1. The summed E-state index contributed by atoms with van der Waals surface area (Å²) in [7, 11) is 0. The third-order valence-electron chi connectivity index (χ3n) is 4.75. The van der Waals surface area contributed by atoms with Crippen molar-refractivity contribution in [2.75, 3.05) is 5.32 Å². The Bertz CT molecular complexity index is 1130. The lowest BCUT2D eigenvalue weighted by molar-refractivity contribution is -0.136. The first-order chi connectivity index (χ1) is 14.3. The zero-order chi connectivity index (χ0) is 21.8. The van der Waals surface area contributed by atoms with Crippen molar-refractivity contribution in [3.63, 3.8) is 0 Å². The molecule has 0 bridgehead atoms. The minimum atomic E-state index is -0.857. The number of benzene rings is 2. The summed E-state index contributed by atoms with van der Waals surface area (Å²) in [5, 5.41) is 6.98. The lowest BCUT2D eigenvalue weighted by Crippen LogP contribution is -2.32. The molecule has 2 N–H and O–H groups in total. The van der Waals surface area contributed by atoms with E-state index in [-0.39, 0.29) is 0 Å². The van der Waals surface area contributed by atoms with Crippen LogP contribution in [0.4, 0.5) is 5.69 Å². The van der Waals surface area contributed by atoms with Gasteiger partial charge in [0.15, 0.2) is 0 Å². The van der Waals surface area contributed by atoms with Gasteiger partial charge in [-0.05, 0) is 75.2 Å². The molecule has 2 amide bonds. The third-order valence-corrected chi connectivity index (χ3v) is 5.01. The van der Waals surface area contributed by atoms with Crippen molar-refractivity contribution in [2.45, 2.75) is 27.7 Å². The number of halogens is 1. The van der Waals surface area contributed by atoms with Crippen LogP contribution in [0.3, 0.4) is 0 Å². The van der Waals surface area contributed by atoms with Crippen LogP contribution >= 0.6 is 11.6 Å². The minimum Gasteiger partial charge on any atom is -0.318 e. The fourth-order valence-electron chi connectivity index (χ4n) is 3.18. The van der Waals surface area contributed by atoms with E-state index < -0.39 is 11.8 Å². The second kappa shape index (κ2) is 8.97. The SMILES string of the molecule is Cc1ccc(C)c(-n2c(C)cc(/C=N/NC(=O)C(=O)Nc3ccc(Cl)cc3)c2C)c1. The van der Waals surface area contributed by atoms with Gasteiger partial charge in [0.25, 0.3) is 0 Å². The number of carbonyl (C=O) groups excluding carboxylic acids is 2. The number of hydrogen-bond acceptors (Lipinski definition) is 3. The molecule has 0 aliphatic heterocycles. The zero-order valence-electron chi connectivity index (χ0n) is 17.3. The van der Waals surface area contributed by atoms with Crippen LogP contribution in [0.1, 0.15) is 28.1 Å². The van der Waals surface area contributed by atoms with E-state index in [1.54, 1.807) is 24.3 Å². The molecule has 0 atom stereocenters. The number of rotatable bonds is 4. The van der Waals surface area contributed by atoms with Crippen LogP contribution in [0.2, 0.25) is 5.02 Å². The number of anilines is 1. The highest BCUT2D eigenvalue weighted by Gasteiger charge is 2.14. The molecule has 0 radical (unpaired) electrons. The summed E-state index contributed by atoms with van der Waals surface area (Å²) in [4.78, 5) is 24.0. The minimum absolute atomic E-state index is 0.473. The zero-order valence-corrected chi connectivity index (χ0v) is 18.0. The molecule has 0 aliphatic carbocycles. The van der Waals surface area contributed by atoms with Gasteiger partial charge in [-0.25, -0.2) is 5.43 Å². The monoisotopic (exact) mass is 422 g/mol. The lowest BCUT2D eigenvalue weighted by Gasteiger charge is -2.13. The Labute approximate surface area is 180 Å². The Balaban J connectivity index is 1.70. The summed E-state index contributed by atoms with van der Waals surface area (Å²) in [6, 6.07) is 14.8. The van der Waals surface area contributed by atoms with E-state index in [1.807, 2.05) is 19.9 Å². The maximum Gasteiger partial charge on any atom is 0.329 e. The van der Waals surface area contributed by atoms with Gasteiger partial charge in [0.2, 0.25) is 0 Å². The van der Waals surface area contributed by atoms with Crippen LogP contribution in [0.25, 0.3) is 5.69 Å². The van der Waals surface area contributed by atoms with E-state index in [0.29, 0.717) is 10.7 Å². The molecule has 6 nitrogen and oxygen atoms in total. The van der Waals surface area contributed by atoms with Crippen LogP contribution in [-0.2, 0) is 9.59 Å². The van der Waals surface area contributed by atoms with E-state index in [4.69, 9.17) is 11.6 Å². The number of hydrazone groups is 1. The van der Waals surface area contributed by atoms with Crippen molar-refractivity contribution in [3.8, 4) is 5.69 Å². The quantitative estimate of drug-likeness (QED) is 0.370. The average molecular weight is 423 g/mol. The summed E-state index contributed by atoms with van der Waals surface area (Å²) < 4.78 is 2.15. The number of nitrogens with one attached hydrogen (secondary N) is 2. The standard InChI is InChI=1S/C23H23ClN4O2/c1-14-5-6-15(2)21(11-14)28-16(3)12-18(17(28)4)13-25-27-23(30)22(29)26-20-9-7-19(24)8-10-20/h5-13H,1-4H3,(H,26,29)(H,27,30)/b25-13+. The first-order valence-corrected chi connectivity index (χ1v) is 9.80. The Morgan fingerprint density at radius 2 is 1.67 bits per heavy atom. The molecule has 30 heavy (non-hydrogen) atoms. The van der Waals surface area contributed by atoms with Crippen LogP contribution in [0, 0.1) is 27.7 Å². The molecule has 0 spiro atoms. The van der Waals surface area contributed by atoms with Crippen LogP contribution < -0.4 is 10.7 Å². The first kappa shape index (κ1) is 21.3. The molecule has 3 rings (SSSR count). The molecule has 2 aromatic carbocycles. The van der Waals surface area contributed by atoms with Crippen molar-refractivity contribution in [2.24, 2.45) is 5.10 Å². The number of carbonyl (C=O) groups is 2. The lowest BCUT2D eigenvalue weighted by atomic mass is 10.1. The van der Waals surface area contributed by atoms with Gasteiger partial charge in [-0.1, -0.05) is 23.7 Å². The molecule has 0 unspecified atom stereocenters. The molecule has 7 heteroatoms. The summed E-state index contributed by atoms with van der Waals surface area (Å²) in [5.41, 5.74) is 9.08. The Kier molecular flexibility index (Phi) is 6.37. The van der Waals surface area contributed by atoms with E-state index >= 15 is 0 Å². The third kappa shape index (κ3) is 4.78. The normalized spacial score (nSPS) is 11.0. The van der Waals surface area contributed by atoms with Gasteiger partial charge in [0.05, 0.1) is 6.21 Å². The molecule has 1 aromatic heterocycles. The molecule has 0 fully saturated rings. The van der Waals surface area contributed by atoms with Crippen LogP contribution in [-0.4, -0.2) is 22.6 Å². The fraction of sp³-hybridized carbons (Fsp3) is 0.174. The highest BCUT2D eigenvalue weighted by Crippen LogP contribution is 2.23. The second-order valence-electron chi connectivity index (χ2n) is 7.11. The predicted octanol–water partition coefficient (Wildman–Crippen LogP) is 4.45. The van der Waals surface area contributed by atoms with E-state index in [2.05, 4.69) is 52.5 Å². The van der Waals surface area contributed by atoms with Crippen molar-refractivity contribution in [1.82, 2.24) is 9.99 Å². The van der Waals surface area contributed by atoms with Gasteiger partial charge in [-0.3, -0.25) is 9.59 Å². The maximum atomic E-state index is 12.0. The smallest absolute Gasteiger partial charge is 0.318 e. The number of amides is 2. The van der Waals surface area contributed by atoms with Crippen molar-refractivity contribution < 1.29 is 9.59 Å². The van der Waals surface area contributed by atoms with Crippen LogP contribution in [0.5, 0.6) is 0 Å². The number of hydrogen-bond donors (Lipinski definition) is 2. The molecular weight excluding hydrogens is 400 g/mol. The topological polar surface area (TPSA) is 75.5 Å². The molecule has 1 heterocycles. The van der Waals surface area contributed by atoms with E-state index in [0.717, 1.165) is 28.2 Å². The molecule has 0 aliphatic rings. The molecule has 154 valence electrons. The maximum absolute atomic E-state index is 12.0. The Morgan fingerprint density at radius 3 is 2.37 bits per heavy atom. The molecule has 0 saturated carbocycles. The summed E-state index contributed by atoms with van der Waals surface area (Å²) in [6.45, 7) is 8.14. The summed E-state index contributed by atoms with van der Waals surface area (Å²) in [5.74, 6) is -1.67. The molecule has 3 aromatic rings. The van der Waals surface area contributed by atoms with Gasteiger partial charge >= 0.3 is 11.8 Å². The predicted molar refractivity (Wildman–Crippen MR) is 121 cm³/mol. The molecule has 0 saturated heterocycles. The fourth-order valence-corrected chi connectivity index (χ4v) is 3.31. The average Bonchev–Trinajstić information content (AvgIpc) is 2.98. The van der Waals surface area contributed by atoms with Gasteiger partial charge in [-0.15, -0.1) is 0 Å². The van der Waals surface area contributed by atoms with E-state index in [1.165, 1.54) is 11.8 Å². The largest absolute Gasteiger partial charge is 0.329 e. The van der Waals surface area contributed by atoms with Gasteiger partial charge < -0.3 is 9.88 Å². The Morgan fingerprint density at radius 1 is 0.967 bits per heavy atom. The van der Waals surface area contributed by atoms with Crippen LogP contribution in [0.15, 0.2) is 53.6 Å². The Hall–Kier alpha value is -3.38. The summed E-state index contributed by atoms with van der Waals surface area (Å²) in [6.07, 6.45) is 1.54. The van der Waals surface area contributed by atoms with Gasteiger partial charge in [-0.2, -0.15) is 5.10 Å².